The maximum atomic E-state index is 8.89. The third-order valence-electron chi connectivity index (χ3n) is 0.167. The molecule has 0 aliphatic heterocycles. The Hall–Kier alpha value is -0.452. The van der Waals surface area contributed by atoms with Gasteiger partial charge in [0, 0.05) is 25.0 Å². The second kappa shape index (κ2) is 22.6. The van der Waals surface area contributed by atoms with Gasteiger partial charge in [-0.25, -0.2) is 0 Å². The molecule has 0 amide bonds. The van der Waals surface area contributed by atoms with Gasteiger partial charge in [0.25, 0.3) is 0 Å². The molecule has 82 valence electrons. The third-order valence-corrected chi connectivity index (χ3v) is 0.167. The van der Waals surface area contributed by atoms with E-state index in [1.54, 1.807) is 0 Å². The molecule has 0 aromatic rings. The predicted octanol–water partition coefficient (Wildman–Crippen LogP) is -3.59. The van der Waals surface area contributed by atoms with Gasteiger partial charge in [-0.1, -0.05) is 0 Å². The second-order valence-corrected chi connectivity index (χ2v) is 1.56. The van der Waals surface area contributed by atoms with E-state index in [-0.39, 0.29) is 21.1 Å². The fourth-order valence-corrected chi connectivity index (χ4v) is 0. The van der Waals surface area contributed by atoms with E-state index in [0.717, 1.165) is 13.8 Å². The van der Waals surface area contributed by atoms with E-state index >= 15 is 0 Å². The summed E-state index contributed by atoms with van der Waals surface area (Å²) in [5.41, 5.74) is 9.81. The van der Waals surface area contributed by atoms with Crippen LogP contribution in [-0.2, 0) is 30.7 Å². The molecule has 4 N–H and O–H groups in total. The van der Waals surface area contributed by atoms with Crippen LogP contribution >= 0.6 is 0 Å². The molecule has 0 aliphatic carbocycles. The minimum Gasteiger partial charge on any atom is -0.550 e. The van der Waals surface area contributed by atoms with Crippen LogP contribution in [0.15, 0.2) is 0 Å². The SMILES string of the molecule is CC(=O)[O-].CC(=O)[O-].NCCN.[Pt+2]. The van der Waals surface area contributed by atoms with Gasteiger partial charge >= 0.3 is 21.1 Å². The zero-order valence-electron chi connectivity index (χ0n) is 7.52. The Balaban J connectivity index is -0.0000000450. The fraction of sp³-hybridized carbons (Fsp3) is 0.667. The van der Waals surface area contributed by atoms with Crippen molar-refractivity contribution in [2.45, 2.75) is 13.8 Å². The molecule has 7 heteroatoms. The zero-order valence-corrected chi connectivity index (χ0v) is 9.79. The van der Waals surface area contributed by atoms with E-state index in [9.17, 15) is 0 Å². The first-order valence-corrected chi connectivity index (χ1v) is 3.13. The molecule has 0 unspecified atom stereocenters. The smallest absolute Gasteiger partial charge is 0.550 e. The Morgan fingerprint density at radius 1 is 1.00 bits per heavy atom. The standard InChI is InChI=1S/C2H8N2.2C2H4O2.Pt/c3-1-2-4;2*1-2(3)4;/h1-4H2;2*1H3,(H,3,4);/q;;;+2/p-2. The number of aliphatic carboxylic acids is 2. The van der Waals surface area contributed by atoms with Gasteiger partial charge in [-0.2, -0.15) is 0 Å². The molecular weight excluding hydrogens is 359 g/mol. The minimum absolute atomic E-state index is 0. The molecule has 6 nitrogen and oxygen atoms in total. The van der Waals surface area contributed by atoms with Crippen molar-refractivity contribution in [2.24, 2.45) is 11.5 Å². The summed E-state index contributed by atoms with van der Waals surface area (Å²) in [6.45, 7) is 3.14. The summed E-state index contributed by atoms with van der Waals surface area (Å²) in [5, 5.41) is 17.8. The van der Waals surface area contributed by atoms with E-state index in [0.29, 0.717) is 13.1 Å². The molecule has 0 bridgehead atoms. The molecule has 13 heavy (non-hydrogen) atoms. The summed E-state index contributed by atoms with van der Waals surface area (Å²) in [6.07, 6.45) is 0. The first kappa shape index (κ1) is 22.9. The van der Waals surface area contributed by atoms with Crippen molar-refractivity contribution in [1.82, 2.24) is 0 Å². The van der Waals surface area contributed by atoms with Crippen LogP contribution in [0.1, 0.15) is 13.8 Å². The molecule has 0 aromatic heterocycles. The molecule has 0 rings (SSSR count). The van der Waals surface area contributed by atoms with Crippen LogP contribution in [0.3, 0.4) is 0 Å². The first-order valence-electron chi connectivity index (χ1n) is 3.13. The molecule has 0 atom stereocenters. The van der Waals surface area contributed by atoms with Gasteiger partial charge in [0.05, 0.1) is 0 Å². The van der Waals surface area contributed by atoms with Gasteiger partial charge in [-0.3, -0.25) is 0 Å². The predicted molar refractivity (Wildman–Crippen MR) is 39.5 cm³/mol. The number of rotatable bonds is 1. The number of hydrogen-bond donors (Lipinski definition) is 2. The summed E-state index contributed by atoms with van der Waals surface area (Å²) in [4.78, 5) is 17.8. The van der Waals surface area contributed by atoms with Crippen molar-refractivity contribution in [3.63, 3.8) is 0 Å². The van der Waals surface area contributed by atoms with Gasteiger partial charge in [-0.15, -0.1) is 0 Å². The summed E-state index contributed by atoms with van der Waals surface area (Å²) >= 11 is 0. The van der Waals surface area contributed by atoms with Crippen LogP contribution in [0.4, 0.5) is 0 Å². The summed E-state index contributed by atoms with van der Waals surface area (Å²) in [6, 6.07) is 0. The van der Waals surface area contributed by atoms with Gasteiger partial charge < -0.3 is 31.3 Å². The van der Waals surface area contributed by atoms with Gasteiger partial charge in [0.2, 0.25) is 0 Å². The van der Waals surface area contributed by atoms with Crippen LogP contribution in [0.5, 0.6) is 0 Å². The molecule has 0 heterocycles. The third kappa shape index (κ3) is 3500. The van der Waals surface area contributed by atoms with E-state index in [1.165, 1.54) is 0 Å². The number of carbonyl (C=O) groups excluding carboxylic acids is 2. The van der Waals surface area contributed by atoms with Crippen LogP contribution in [0.2, 0.25) is 0 Å². The maximum Gasteiger partial charge on any atom is 2.00 e. The monoisotopic (exact) mass is 373 g/mol. The number of nitrogens with two attached hydrogens (primary N) is 2. The molecule has 0 saturated carbocycles. The first-order chi connectivity index (χ1) is 5.38. The fourth-order valence-electron chi connectivity index (χ4n) is 0. The zero-order chi connectivity index (χ0) is 10.6. The largest absolute Gasteiger partial charge is 2.00 e. The average molecular weight is 373 g/mol. The normalized spacial score (nSPS) is 6.15. The van der Waals surface area contributed by atoms with Gasteiger partial charge in [-0.05, 0) is 13.8 Å². The maximum absolute atomic E-state index is 8.89. The van der Waals surface area contributed by atoms with Crippen molar-refractivity contribution >= 4 is 11.9 Å². The van der Waals surface area contributed by atoms with Crippen molar-refractivity contribution in [2.75, 3.05) is 13.1 Å². The molecule has 0 aliphatic rings. The molecule has 0 radical (unpaired) electrons. The number of hydrogen-bond acceptors (Lipinski definition) is 6. The molecule has 0 aromatic carbocycles. The number of carbonyl (C=O) groups is 2. The Bertz CT molecular complexity index is 99.2. The topological polar surface area (TPSA) is 132 Å². The van der Waals surface area contributed by atoms with Crippen molar-refractivity contribution in [3.05, 3.63) is 0 Å². The van der Waals surface area contributed by atoms with Crippen molar-refractivity contribution < 1.29 is 40.9 Å². The molecule has 0 saturated heterocycles. The second-order valence-electron chi connectivity index (χ2n) is 1.56. The number of carboxylic acids is 2. The Morgan fingerprint density at radius 3 is 1.08 bits per heavy atom. The Labute approximate surface area is 91.6 Å². The van der Waals surface area contributed by atoms with E-state index in [4.69, 9.17) is 31.3 Å². The van der Waals surface area contributed by atoms with Crippen LogP contribution < -0.4 is 21.7 Å². The summed E-state index contributed by atoms with van der Waals surface area (Å²) in [7, 11) is 0. The summed E-state index contributed by atoms with van der Waals surface area (Å²) in [5.74, 6) is -2.17. The molecule has 0 fully saturated rings. The Morgan fingerprint density at radius 2 is 1.08 bits per heavy atom. The quantitative estimate of drug-likeness (QED) is 0.488. The number of carboxylic acid groups (broad SMARTS) is 2. The van der Waals surface area contributed by atoms with E-state index < -0.39 is 11.9 Å². The van der Waals surface area contributed by atoms with Crippen molar-refractivity contribution in [3.8, 4) is 0 Å². The average Bonchev–Trinajstić information content (AvgIpc) is 1.85. The Kier molecular flexibility index (Phi) is 39.7. The minimum atomic E-state index is -1.08. The van der Waals surface area contributed by atoms with Crippen LogP contribution in [-0.4, -0.2) is 25.0 Å². The molecule has 0 spiro atoms. The van der Waals surface area contributed by atoms with Gasteiger partial charge in [0.15, 0.2) is 0 Å². The van der Waals surface area contributed by atoms with Crippen LogP contribution in [0, 0.1) is 0 Å². The van der Waals surface area contributed by atoms with Crippen molar-refractivity contribution in [1.29, 1.82) is 0 Å². The van der Waals surface area contributed by atoms with E-state index in [2.05, 4.69) is 0 Å². The van der Waals surface area contributed by atoms with Gasteiger partial charge in [0.1, 0.15) is 0 Å². The summed E-state index contributed by atoms with van der Waals surface area (Å²) < 4.78 is 0. The van der Waals surface area contributed by atoms with E-state index in [1.807, 2.05) is 0 Å². The molecular formula is C6H14N2O4Pt. The van der Waals surface area contributed by atoms with Crippen LogP contribution in [0.25, 0.3) is 0 Å².